The highest BCUT2D eigenvalue weighted by molar-refractivity contribution is 6.64. The van der Waals surface area contributed by atoms with Crippen LogP contribution in [0.1, 0.15) is 36.3 Å². The molecule has 2 aromatic carbocycles. The Hall–Kier alpha value is -2.33. The standard InChI is InChI=1S/C21H20ClNO3/c22-20(24)19-11-5-6-12-23(19)21(25)26-13-18-16-9-3-1-7-14(16)15-8-2-4-10-17(15)18/h1-4,7-10,18-19H,5-6,11-13H2/t19-/m1/s1. The number of hydrogen-bond donors (Lipinski definition) is 0. The fourth-order valence-electron chi connectivity index (χ4n) is 4.06. The second-order valence-electron chi connectivity index (χ2n) is 6.81. The lowest BCUT2D eigenvalue weighted by Gasteiger charge is -2.32. The third-order valence-electron chi connectivity index (χ3n) is 5.34. The van der Waals surface area contributed by atoms with Crippen molar-refractivity contribution in [3.8, 4) is 11.1 Å². The summed E-state index contributed by atoms with van der Waals surface area (Å²) < 4.78 is 5.64. The highest BCUT2D eigenvalue weighted by Crippen LogP contribution is 2.44. The molecular weight excluding hydrogens is 350 g/mol. The third-order valence-corrected chi connectivity index (χ3v) is 5.59. The van der Waals surface area contributed by atoms with E-state index in [2.05, 4.69) is 24.3 Å². The van der Waals surface area contributed by atoms with E-state index >= 15 is 0 Å². The average Bonchev–Trinajstić information content (AvgIpc) is 3.00. The zero-order valence-electron chi connectivity index (χ0n) is 14.4. The smallest absolute Gasteiger partial charge is 0.410 e. The van der Waals surface area contributed by atoms with Gasteiger partial charge in [-0.15, -0.1) is 0 Å². The van der Waals surface area contributed by atoms with Gasteiger partial charge in [-0.05, 0) is 53.1 Å². The van der Waals surface area contributed by atoms with Crippen molar-refractivity contribution in [2.75, 3.05) is 13.2 Å². The molecule has 5 heteroatoms. The molecule has 1 amide bonds. The number of nitrogens with zero attached hydrogens (tertiary/aromatic N) is 1. The molecule has 0 aromatic heterocycles. The lowest BCUT2D eigenvalue weighted by Crippen LogP contribution is -2.47. The van der Waals surface area contributed by atoms with Crippen molar-refractivity contribution < 1.29 is 14.3 Å². The predicted octanol–water partition coefficient (Wildman–Crippen LogP) is 4.56. The predicted molar refractivity (Wildman–Crippen MR) is 100 cm³/mol. The number of carbonyl (C=O) groups excluding carboxylic acids is 2. The first-order valence-corrected chi connectivity index (χ1v) is 9.35. The van der Waals surface area contributed by atoms with Crippen LogP contribution >= 0.6 is 11.6 Å². The minimum atomic E-state index is -0.568. The molecule has 2 aromatic rings. The van der Waals surface area contributed by atoms with Gasteiger partial charge in [-0.25, -0.2) is 4.79 Å². The number of piperidine rings is 1. The Morgan fingerprint density at radius 3 is 2.23 bits per heavy atom. The molecule has 0 radical (unpaired) electrons. The first-order valence-electron chi connectivity index (χ1n) is 8.98. The number of halogens is 1. The van der Waals surface area contributed by atoms with Gasteiger partial charge in [0.15, 0.2) is 0 Å². The number of likely N-dealkylation sites (tertiary alicyclic amines) is 1. The van der Waals surface area contributed by atoms with Gasteiger partial charge in [-0.2, -0.15) is 0 Å². The maximum atomic E-state index is 12.6. The molecule has 1 saturated heterocycles. The number of carbonyl (C=O) groups is 2. The molecule has 1 fully saturated rings. The van der Waals surface area contributed by atoms with Crippen molar-refractivity contribution in [3.05, 3.63) is 59.7 Å². The normalized spacial score (nSPS) is 19.0. The van der Waals surface area contributed by atoms with Crippen LogP contribution in [0.4, 0.5) is 4.79 Å². The van der Waals surface area contributed by atoms with Crippen LogP contribution in [-0.4, -0.2) is 35.4 Å². The van der Waals surface area contributed by atoms with Crippen LogP contribution in [-0.2, 0) is 9.53 Å². The minimum Gasteiger partial charge on any atom is -0.448 e. The maximum Gasteiger partial charge on any atom is 0.410 e. The second-order valence-corrected chi connectivity index (χ2v) is 7.19. The van der Waals surface area contributed by atoms with Crippen LogP contribution in [0.2, 0.25) is 0 Å². The summed E-state index contributed by atoms with van der Waals surface area (Å²) in [5, 5.41) is -0.488. The Morgan fingerprint density at radius 1 is 1.00 bits per heavy atom. The van der Waals surface area contributed by atoms with Crippen molar-refractivity contribution in [1.82, 2.24) is 4.90 Å². The number of hydrogen-bond acceptors (Lipinski definition) is 3. The molecule has 134 valence electrons. The number of ether oxygens (including phenoxy) is 1. The number of amides is 1. The van der Waals surface area contributed by atoms with Crippen LogP contribution in [0.5, 0.6) is 0 Å². The van der Waals surface area contributed by atoms with E-state index in [1.807, 2.05) is 24.3 Å². The van der Waals surface area contributed by atoms with E-state index in [0.29, 0.717) is 13.0 Å². The Kier molecular flexibility index (Phi) is 4.68. The zero-order chi connectivity index (χ0) is 18.1. The summed E-state index contributed by atoms with van der Waals surface area (Å²) in [5.41, 5.74) is 4.72. The van der Waals surface area contributed by atoms with Crippen LogP contribution in [0.3, 0.4) is 0 Å². The fraction of sp³-hybridized carbons (Fsp3) is 0.333. The van der Waals surface area contributed by atoms with Crippen molar-refractivity contribution in [3.63, 3.8) is 0 Å². The minimum absolute atomic E-state index is 0.0151. The molecule has 0 unspecified atom stereocenters. The van der Waals surface area contributed by atoms with Gasteiger partial charge in [0.1, 0.15) is 12.6 Å². The number of rotatable bonds is 3. The zero-order valence-corrected chi connectivity index (χ0v) is 15.1. The van der Waals surface area contributed by atoms with Gasteiger partial charge in [-0.1, -0.05) is 48.5 Å². The maximum absolute atomic E-state index is 12.6. The molecule has 1 atom stereocenters. The monoisotopic (exact) mass is 369 g/mol. The topological polar surface area (TPSA) is 46.6 Å². The van der Waals surface area contributed by atoms with Crippen molar-refractivity contribution in [2.24, 2.45) is 0 Å². The summed E-state index contributed by atoms with van der Waals surface area (Å²) in [4.78, 5) is 25.7. The van der Waals surface area contributed by atoms with Gasteiger partial charge < -0.3 is 4.74 Å². The Morgan fingerprint density at radius 2 is 1.62 bits per heavy atom. The molecule has 0 N–H and O–H groups in total. The average molecular weight is 370 g/mol. The lowest BCUT2D eigenvalue weighted by atomic mass is 9.98. The van der Waals surface area contributed by atoms with Crippen LogP contribution in [0.25, 0.3) is 11.1 Å². The molecule has 0 saturated carbocycles. The molecule has 0 spiro atoms. The van der Waals surface area contributed by atoms with Gasteiger partial charge in [0.2, 0.25) is 5.24 Å². The first kappa shape index (κ1) is 17.1. The van der Waals surface area contributed by atoms with Gasteiger partial charge in [0.05, 0.1) is 0 Å². The summed E-state index contributed by atoms with van der Waals surface area (Å²) in [6, 6.07) is 15.9. The Bertz CT molecular complexity index is 805. The highest BCUT2D eigenvalue weighted by Gasteiger charge is 2.34. The Labute approximate surface area is 157 Å². The van der Waals surface area contributed by atoms with E-state index < -0.39 is 17.4 Å². The van der Waals surface area contributed by atoms with Crippen molar-refractivity contribution in [2.45, 2.75) is 31.2 Å². The second kappa shape index (κ2) is 7.12. The number of benzene rings is 2. The molecule has 0 bridgehead atoms. The summed E-state index contributed by atoms with van der Waals surface area (Å²) in [6.45, 7) is 0.770. The van der Waals surface area contributed by atoms with Crippen LogP contribution < -0.4 is 0 Å². The summed E-state index contributed by atoms with van der Waals surface area (Å²) in [6.07, 6.45) is 1.92. The van der Waals surface area contributed by atoms with E-state index in [4.69, 9.17) is 16.3 Å². The van der Waals surface area contributed by atoms with Crippen LogP contribution in [0, 0.1) is 0 Å². The van der Waals surface area contributed by atoms with E-state index in [0.717, 1.165) is 12.8 Å². The van der Waals surface area contributed by atoms with Gasteiger partial charge in [-0.3, -0.25) is 9.69 Å². The van der Waals surface area contributed by atoms with Crippen LogP contribution in [0.15, 0.2) is 48.5 Å². The first-order chi connectivity index (χ1) is 12.7. The molecule has 26 heavy (non-hydrogen) atoms. The van der Waals surface area contributed by atoms with Crippen molar-refractivity contribution >= 4 is 22.9 Å². The molecular formula is C21H20ClNO3. The molecule has 2 aliphatic rings. The van der Waals surface area contributed by atoms with Gasteiger partial charge in [0.25, 0.3) is 0 Å². The molecule has 1 heterocycles. The van der Waals surface area contributed by atoms with E-state index in [1.165, 1.54) is 27.2 Å². The highest BCUT2D eigenvalue weighted by atomic mass is 35.5. The molecule has 1 aliphatic heterocycles. The summed E-state index contributed by atoms with van der Waals surface area (Å²) >= 11 is 5.67. The Balaban J connectivity index is 1.53. The van der Waals surface area contributed by atoms with E-state index in [9.17, 15) is 9.59 Å². The van der Waals surface area contributed by atoms with Crippen molar-refractivity contribution in [1.29, 1.82) is 0 Å². The van der Waals surface area contributed by atoms with E-state index in [-0.39, 0.29) is 12.5 Å². The summed E-state index contributed by atoms with van der Waals surface area (Å²) in [7, 11) is 0. The quantitative estimate of drug-likeness (QED) is 0.745. The third kappa shape index (κ3) is 2.99. The fourth-order valence-corrected chi connectivity index (χ4v) is 4.29. The largest absolute Gasteiger partial charge is 0.448 e. The lowest BCUT2D eigenvalue weighted by molar-refractivity contribution is -0.117. The number of fused-ring (bicyclic) bond motifs is 3. The summed E-state index contributed by atoms with van der Waals surface area (Å²) in [5.74, 6) is 0.0151. The van der Waals surface area contributed by atoms with Gasteiger partial charge >= 0.3 is 6.09 Å². The van der Waals surface area contributed by atoms with E-state index in [1.54, 1.807) is 0 Å². The van der Waals surface area contributed by atoms with Gasteiger partial charge in [0, 0.05) is 12.5 Å². The SMILES string of the molecule is O=C(Cl)[C@H]1CCCCN1C(=O)OCC1c2ccccc2-c2ccccc21. The molecule has 4 nitrogen and oxygen atoms in total. The molecule has 1 aliphatic carbocycles. The molecule has 4 rings (SSSR count).